The molecule has 40 valence electrons. The lowest BCUT2D eigenvalue weighted by atomic mass is 10.3. The number of rotatable bonds is 1. The first kappa shape index (κ1) is 6.41. The van der Waals surface area contributed by atoms with Crippen LogP contribution in [0.3, 0.4) is 0 Å². The molecule has 0 unspecified atom stereocenters. The Morgan fingerprint density at radius 2 is 2.14 bits per heavy atom. The molecule has 0 aliphatic heterocycles. The number of allylic oxidation sites excluding steroid dienone is 3. The standard InChI is InChI=1S/C6H9F/c1-4-5(2)6(3)7/h4H,3H2,1-2H3/b5-4-. The predicted octanol–water partition coefficient (Wildman–Crippen LogP) is 2.44. The Hall–Kier alpha value is -0.590. The minimum atomic E-state index is -0.345. The van der Waals surface area contributed by atoms with Crippen LogP contribution in [0.5, 0.6) is 0 Å². The fourth-order valence-electron chi connectivity index (χ4n) is 0.157. The molecule has 0 radical (unpaired) electrons. The summed E-state index contributed by atoms with van der Waals surface area (Å²) in [6, 6.07) is 0. The van der Waals surface area contributed by atoms with Crippen LogP contribution < -0.4 is 0 Å². The summed E-state index contributed by atoms with van der Waals surface area (Å²) in [5.41, 5.74) is 0.611. The summed E-state index contributed by atoms with van der Waals surface area (Å²) in [7, 11) is 0. The molecule has 1 heteroatoms. The maximum absolute atomic E-state index is 11.8. The van der Waals surface area contributed by atoms with E-state index >= 15 is 0 Å². The molecule has 0 spiro atoms. The molecule has 0 rings (SSSR count). The van der Waals surface area contributed by atoms with Gasteiger partial charge in [-0.05, 0) is 19.4 Å². The molecule has 0 saturated heterocycles. The van der Waals surface area contributed by atoms with Crippen LogP contribution in [-0.4, -0.2) is 0 Å². The second-order valence-electron chi connectivity index (χ2n) is 1.38. The molecule has 0 aromatic rings. The molecule has 0 aromatic carbocycles. The van der Waals surface area contributed by atoms with E-state index in [2.05, 4.69) is 6.58 Å². The van der Waals surface area contributed by atoms with Crippen molar-refractivity contribution in [1.82, 2.24) is 0 Å². The predicted molar refractivity (Wildman–Crippen MR) is 29.7 cm³/mol. The number of halogens is 1. The quantitative estimate of drug-likeness (QED) is 0.444. The summed E-state index contributed by atoms with van der Waals surface area (Å²) in [6.07, 6.45) is 1.68. The zero-order chi connectivity index (χ0) is 5.86. The topological polar surface area (TPSA) is 0 Å². The molecule has 0 N–H and O–H groups in total. The Morgan fingerprint density at radius 3 is 2.14 bits per heavy atom. The molecular weight excluding hydrogens is 91.1 g/mol. The fraction of sp³-hybridized carbons (Fsp3) is 0.333. The van der Waals surface area contributed by atoms with E-state index in [-0.39, 0.29) is 5.83 Å². The van der Waals surface area contributed by atoms with Crippen molar-refractivity contribution in [3.8, 4) is 0 Å². The molecule has 0 aliphatic rings. The maximum Gasteiger partial charge on any atom is 0.118 e. The Kier molecular flexibility index (Phi) is 2.34. The van der Waals surface area contributed by atoms with E-state index in [1.807, 2.05) is 0 Å². The Balaban J connectivity index is 3.82. The third kappa shape index (κ3) is 2.15. The largest absolute Gasteiger partial charge is 0.207 e. The summed E-state index contributed by atoms with van der Waals surface area (Å²) >= 11 is 0. The van der Waals surface area contributed by atoms with E-state index in [1.165, 1.54) is 0 Å². The molecule has 0 bridgehead atoms. The van der Waals surface area contributed by atoms with Gasteiger partial charge in [-0.1, -0.05) is 12.7 Å². The summed E-state index contributed by atoms with van der Waals surface area (Å²) in [4.78, 5) is 0. The minimum Gasteiger partial charge on any atom is -0.207 e. The molecule has 0 aliphatic carbocycles. The SMILES string of the molecule is C=C(F)/C(C)=C\C. The molecule has 7 heavy (non-hydrogen) atoms. The average molecular weight is 100 g/mol. The van der Waals surface area contributed by atoms with Gasteiger partial charge in [0.05, 0.1) is 0 Å². The molecular formula is C6H9F. The first-order chi connectivity index (χ1) is 3.18. The third-order valence-electron chi connectivity index (χ3n) is 0.861. The zero-order valence-electron chi connectivity index (χ0n) is 4.66. The van der Waals surface area contributed by atoms with Gasteiger partial charge in [-0.25, -0.2) is 4.39 Å². The first-order valence-corrected chi connectivity index (χ1v) is 2.16. The van der Waals surface area contributed by atoms with Gasteiger partial charge in [0.1, 0.15) is 5.83 Å². The van der Waals surface area contributed by atoms with Crippen molar-refractivity contribution < 1.29 is 4.39 Å². The van der Waals surface area contributed by atoms with Crippen molar-refractivity contribution in [1.29, 1.82) is 0 Å². The molecule has 0 nitrogen and oxygen atoms in total. The molecule has 0 amide bonds. The van der Waals surface area contributed by atoms with Crippen molar-refractivity contribution in [2.24, 2.45) is 0 Å². The highest BCUT2D eigenvalue weighted by atomic mass is 19.1. The van der Waals surface area contributed by atoms with Gasteiger partial charge in [0.2, 0.25) is 0 Å². The second kappa shape index (κ2) is 2.56. The van der Waals surface area contributed by atoms with Gasteiger partial charge >= 0.3 is 0 Å². The lowest BCUT2D eigenvalue weighted by molar-refractivity contribution is 0.655. The molecule has 0 heterocycles. The lowest BCUT2D eigenvalue weighted by Gasteiger charge is -1.87. The van der Waals surface area contributed by atoms with E-state index in [4.69, 9.17) is 0 Å². The van der Waals surface area contributed by atoms with Crippen LogP contribution in [0.25, 0.3) is 0 Å². The van der Waals surface area contributed by atoms with Crippen LogP contribution in [0, 0.1) is 0 Å². The van der Waals surface area contributed by atoms with Crippen molar-refractivity contribution in [3.63, 3.8) is 0 Å². The third-order valence-corrected chi connectivity index (χ3v) is 0.861. The smallest absolute Gasteiger partial charge is 0.118 e. The van der Waals surface area contributed by atoms with Crippen LogP contribution in [0.4, 0.5) is 4.39 Å². The van der Waals surface area contributed by atoms with Crippen molar-refractivity contribution in [3.05, 3.63) is 24.1 Å². The van der Waals surface area contributed by atoms with E-state index < -0.39 is 0 Å². The van der Waals surface area contributed by atoms with Gasteiger partial charge in [-0.15, -0.1) is 0 Å². The van der Waals surface area contributed by atoms with Gasteiger partial charge in [0.25, 0.3) is 0 Å². The zero-order valence-corrected chi connectivity index (χ0v) is 4.66. The Bertz CT molecular complexity index is 101. The van der Waals surface area contributed by atoms with Crippen LogP contribution >= 0.6 is 0 Å². The van der Waals surface area contributed by atoms with Crippen LogP contribution in [0.2, 0.25) is 0 Å². The van der Waals surface area contributed by atoms with E-state index in [0.717, 1.165) is 0 Å². The van der Waals surface area contributed by atoms with Gasteiger partial charge < -0.3 is 0 Å². The van der Waals surface area contributed by atoms with E-state index in [9.17, 15) is 4.39 Å². The number of hydrogen-bond donors (Lipinski definition) is 0. The van der Waals surface area contributed by atoms with Crippen molar-refractivity contribution in [2.45, 2.75) is 13.8 Å². The van der Waals surface area contributed by atoms with Crippen LogP contribution in [0.15, 0.2) is 24.1 Å². The van der Waals surface area contributed by atoms with Gasteiger partial charge in [-0.2, -0.15) is 0 Å². The summed E-state index contributed by atoms with van der Waals surface area (Å²) < 4.78 is 11.8. The lowest BCUT2D eigenvalue weighted by Crippen LogP contribution is -1.69. The summed E-state index contributed by atoms with van der Waals surface area (Å²) in [6.45, 7) is 6.55. The second-order valence-corrected chi connectivity index (χ2v) is 1.38. The van der Waals surface area contributed by atoms with E-state index in [0.29, 0.717) is 5.57 Å². The summed E-state index contributed by atoms with van der Waals surface area (Å²) in [5.74, 6) is -0.345. The number of hydrogen-bond acceptors (Lipinski definition) is 0. The average Bonchev–Trinajstić information content (AvgIpc) is 1.65. The highest BCUT2D eigenvalue weighted by Gasteiger charge is 1.86. The molecule has 0 aromatic heterocycles. The van der Waals surface area contributed by atoms with Gasteiger partial charge in [0.15, 0.2) is 0 Å². The minimum absolute atomic E-state index is 0.345. The summed E-state index contributed by atoms with van der Waals surface area (Å²) in [5, 5.41) is 0. The molecule has 0 saturated carbocycles. The highest BCUT2D eigenvalue weighted by Crippen LogP contribution is 2.05. The Morgan fingerprint density at radius 1 is 1.71 bits per heavy atom. The normalized spacial score (nSPS) is 11.6. The van der Waals surface area contributed by atoms with Crippen molar-refractivity contribution >= 4 is 0 Å². The van der Waals surface area contributed by atoms with Crippen LogP contribution in [0.1, 0.15) is 13.8 Å². The van der Waals surface area contributed by atoms with Gasteiger partial charge in [0, 0.05) is 0 Å². The first-order valence-electron chi connectivity index (χ1n) is 2.16. The van der Waals surface area contributed by atoms with E-state index in [1.54, 1.807) is 19.9 Å². The van der Waals surface area contributed by atoms with Gasteiger partial charge in [-0.3, -0.25) is 0 Å². The van der Waals surface area contributed by atoms with Crippen LogP contribution in [-0.2, 0) is 0 Å². The van der Waals surface area contributed by atoms with Crippen molar-refractivity contribution in [2.75, 3.05) is 0 Å². The Labute approximate surface area is 43.4 Å². The highest BCUT2D eigenvalue weighted by molar-refractivity contribution is 5.18. The monoisotopic (exact) mass is 100 g/mol. The molecule has 0 atom stereocenters. The maximum atomic E-state index is 11.8. The molecule has 0 fully saturated rings. The fourth-order valence-corrected chi connectivity index (χ4v) is 0.157.